The van der Waals surface area contributed by atoms with Gasteiger partial charge in [0.15, 0.2) is 0 Å². The SMILES string of the molecule is COC(c1ccccc1)c1ccnnc1. The summed E-state index contributed by atoms with van der Waals surface area (Å²) in [4.78, 5) is 0. The molecular formula is C12H12N2O. The normalized spacial score (nSPS) is 12.3. The van der Waals surface area contributed by atoms with Crippen molar-refractivity contribution in [3.05, 3.63) is 59.9 Å². The minimum absolute atomic E-state index is 0.0679. The molecule has 0 fully saturated rings. The molecule has 0 aliphatic rings. The fourth-order valence-corrected chi connectivity index (χ4v) is 1.55. The fraction of sp³-hybridized carbons (Fsp3) is 0.167. The molecule has 3 nitrogen and oxygen atoms in total. The van der Waals surface area contributed by atoms with Crippen LogP contribution in [0.25, 0.3) is 0 Å². The van der Waals surface area contributed by atoms with Gasteiger partial charge in [-0.15, -0.1) is 0 Å². The third-order valence-corrected chi connectivity index (χ3v) is 2.25. The summed E-state index contributed by atoms with van der Waals surface area (Å²) in [5.74, 6) is 0. The minimum atomic E-state index is -0.0679. The van der Waals surface area contributed by atoms with Gasteiger partial charge in [0.05, 0.1) is 6.20 Å². The molecule has 1 heterocycles. The minimum Gasteiger partial charge on any atom is -0.372 e. The van der Waals surface area contributed by atoms with Gasteiger partial charge < -0.3 is 4.74 Å². The van der Waals surface area contributed by atoms with Gasteiger partial charge in [0.25, 0.3) is 0 Å². The first-order valence-electron chi connectivity index (χ1n) is 4.76. The Morgan fingerprint density at radius 2 is 1.80 bits per heavy atom. The molecule has 3 heteroatoms. The second kappa shape index (κ2) is 4.66. The summed E-state index contributed by atoms with van der Waals surface area (Å²) in [6, 6.07) is 12.0. The molecule has 0 radical (unpaired) electrons. The van der Waals surface area contributed by atoms with E-state index in [1.165, 1.54) is 0 Å². The van der Waals surface area contributed by atoms with Gasteiger partial charge in [0.1, 0.15) is 6.10 Å². The van der Waals surface area contributed by atoms with E-state index in [0.29, 0.717) is 0 Å². The van der Waals surface area contributed by atoms with Gasteiger partial charge in [-0.3, -0.25) is 0 Å². The van der Waals surface area contributed by atoms with Gasteiger partial charge >= 0.3 is 0 Å². The lowest BCUT2D eigenvalue weighted by atomic mass is 10.0. The molecule has 15 heavy (non-hydrogen) atoms. The largest absolute Gasteiger partial charge is 0.372 e. The Bertz CT molecular complexity index is 363. The lowest BCUT2D eigenvalue weighted by Crippen LogP contribution is -2.03. The van der Waals surface area contributed by atoms with E-state index in [4.69, 9.17) is 4.74 Å². The van der Waals surface area contributed by atoms with Crippen LogP contribution < -0.4 is 0 Å². The summed E-state index contributed by atoms with van der Waals surface area (Å²) < 4.78 is 5.45. The van der Waals surface area contributed by atoms with Crippen molar-refractivity contribution >= 4 is 0 Å². The molecule has 0 N–H and O–H groups in total. The van der Waals surface area contributed by atoms with E-state index < -0.39 is 0 Å². The number of hydrogen-bond acceptors (Lipinski definition) is 3. The predicted octanol–water partition coefficient (Wildman–Crippen LogP) is 2.21. The Balaban J connectivity index is 2.34. The van der Waals surface area contributed by atoms with Crippen molar-refractivity contribution < 1.29 is 4.74 Å². The molecule has 0 saturated carbocycles. The summed E-state index contributed by atoms with van der Waals surface area (Å²) in [5.41, 5.74) is 2.13. The number of benzene rings is 1. The zero-order valence-corrected chi connectivity index (χ0v) is 8.50. The molecular weight excluding hydrogens is 188 g/mol. The number of ether oxygens (including phenoxy) is 1. The van der Waals surface area contributed by atoms with Crippen molar-refractivity contribution in [2.24, 2.45) is 0 Å². The highest BCUT2D eigenvalue weighted by molar-refractivity contribution is 5.27. The maximum Gasteiger partial charge on any atom is 0.109 e. The molecule has 0 amide bonds. The summed E-state index contributed by atoms with van der Waals surface area (Å²) in [7, 11) is 1.69. The summed E-state index contributed by atoms with van der Waals surface area (Å²) in [6.45, 7) is 0. The smallest absolute Gasteiger partial charge is 0.109 e. The average Bonchev–Trinajstić information content (AvgIpc) is 2.33. The maximum atomic E-state index is 5.45. The number of rotatable bonds is 3. The topological polar surface area (TPSA) is 35.0 Å². The molecule has 0 spiro atoms. The van der Waals surface area contributed by atoms with Crippen LogP contribution in [-0.4, -0.2) is 17.3 Å². The van der Waals surface area contributed by atoms with Gasteiger partial charge in [-0.2, -0.15) is 10.2 Å². The van der Waals surface area contributed by atoms with Gasteiger partial charge in [-0.25, -0.2) is 0 Å². The summed E-state index contributed by atoms with van der Waals surface area (Å²) >= 11 is 0. The van der Waals surface area contributed by atoms with Crippen molar-refractivity contribution in [3.63, 3.8) is 0 Å². The molecule has 0 bridgehead atoms. The van der Waals surface area contributed by atoms with E-state index in [1.54, 1.807) is 19.5 Å². The molecule has 76 valence electrons. The number of methoxy groups -OCH3 is 1. The van der Waals surface area contributed by atoms with Crippen molar-refractivity contribution in [1.82, 2.24) is 10.2 Å². The van der Waals surface area contributed by atoms with E-state index in [-0.39, 0.29) is 6.10 Å². The van der Waals surface area contributed by atoms with E-state index in [1.807, 2.05) is 36.4 Å². The summed E-state index contributed by atoms with van der Waals surface area (Å²) in [6.07, 6.45) is 3.33. The molecule has 0 saturated heterocycles. The van der Waals surface area contributed by atoms with Crippen LogP contribution in [0.2, 0.25) is 0 Å². The van der Waals surface area contributed by atoms with Crippen LogP contribution >= 0.6 is 0 Å². The van der Waals surface area contributed by atoms with Gasteiger partial charge in [0.2, 0.25) is 0 Å². The van der Waals surface area contributed by atoms with E-state index in [0.717, 1.165) is 11.1 Å². The number of nitrogens with zero attached hydrogens (tertiary/aromatic N) is 2. The van der Waals surface area contributed by atoms with Gasteiger partial charge in [-0.05, 0) is 11.6 Å². The van der Waals surface area contributed by atoms with Crippen molar-refractivity contribution in [2.75, 3.05) is 7.11 Å². The van der Waals surface area contributed by atoms with Crippen LogP contribution in [0.4, 0.5) is 0 Å². The monoisotopic (exact) mass is 200 g/mol. The number of aromatic nitrogens is 2. The summed E-state index contributed by atoms with van der Waals surface area (Å²) in [5, 5.41) is 7.60. The van der Waals surface area contributed by atoms with Crippen molar-refractivity contribution in [3.8, 4) is 0 Å². The lowest BCUT2D eigenvalue weighted by molar-refractivity contribution is 0.136. The third-order valence-electron chi connectivity index (χ3n) is 2.25. The van der Waals surface area contributed by atoms with Crippen LogP contribution in [0, 0.1) is 0 Å². The zero-order valence-electron chi connectivity index (χ0n) is 8.50. The first-order chi connectivity index (χ1) is 7.42. The first kappa shape index (κ1) is 9.80. The van der Waals surface area contributed by atoms with E-state index >= 15 is 0 Å². The third kappa shape index (κ3) is 2.19. The molecule has 2 rings (SSSR count). The standard InChI is InChI=1S/C12H12N2O/c1-15-12(10-5-3-2-4-6-10)11-7-8-13-14-9-11/h2-9,12H,1H3. The molecule has 1 atom stereocenters. The highest BCUT2D eigenvalue weighted by Crippen LogP contribution is 2.23. The Labute approximate surface area is 88.7 Å². The highest BCUT2D eigenvalue weighted by atomic mass is 16.5. The molecule has 1 aromatic heterocycles. The number of hydrogen-bond donors (Lipinski definition) is 0. The second-order valence-electron chi connectivity index (χ2n) is 3.20. The van der Waals surface area contributed by atoms with Crippen LogP contribution in [0.3, 0.4) is 0 Å². The van der Waals surface area contributed by atoms with Crippen LogP contribution in [0.5, 0.6) is 0 Å². The Morgan fingerprint density at radius 3 is 2.40 bits per heavy atom. The van der Waals surface area contributed by atoms with E-state index in [9.17, 15) is 0 Å². The zero-order chi connectivity index (χ0) is 10.5. The van der Waals surface area contributed by atoms with E-state index in [2.05, 4.69) is 10.2 Å². The molecule has 0 aliphatic carbocycles. The Morgan fingerprint density at radius 1 is 1.00 bits per heavy atom. The van der Waals surface area contributed by atoms with Crippen LogP contribution in [0.1, 0.15) is 17.2 Å². The quantitative estimate of drug-likeness (QED) is 0.762. The van der Waals surface area contributed by atoms with Gasteiger partial charge in [0, 0.05) is 18.9 Å². The molecule has 1 aromatic carbocycles. The average molecular weight is 200 g/mol. The maximum absolute atomic E-state index is 5.45. The highest BCUT2D eigenvalue weighted by Gasteiger charge is 2.12. The molecule has 2 aromatic rings. The molecule has 0 aliphatic heterocycles. The van der Waals surface area contributed by atoms with Gasteiger partial charge in [-0.1, -0.05) is 30.3 Å². The van der Waals surface area contributed by atoms with Crippen molar-refractivity contribution in [2.45, 2.75) is 6.10 Å². The molecule has 1 unspecified atom stereocenters. The predicted molar refractivity (Wildman–Crippen MR) is 57.3 cm³/mol. The second-order valence-corrected chi connectivity index (χ2v) is 3.20. The Hall–Kier alpha value is -1.74. The first-order valence-corrected chi connectivity index (χ1v) is 4.76. The Kier molecular flexibility index (Phi) is 3.05. The van der Waals surface area contributed by atoms with Crippen LogP contribution in [0.15, 0.2) is 48.8 Å². The lowest BCUT2D eigenvalue weighted by Gasteiger charge is -2.15. The fourth-order valence-electron chi connectivity index (χ4n) is 1.55. The van der Waals surface area contributed by atoms with Crippen LogP contribution in [-0.2, 0) is 4.74 Å². The van der Waals surface area contributed by atoms with Crippen molar-refractivity contribution in [1.29, 1.82) is 0 Å².